The summed E-state index contributed by atoms with van der Waals surface area (Å²) < 4.78 is 11.8. The van der Waals surface area contributed by atoms with Gasteiger partial charge in [0.15, 0.2) is 0 Å². The van der Waals surface area contributed by atoms with Crippen LogP contribution in [-0.4, -0.2) is 48.4 Å². The van der Waals surface area contributed by atoms with Crippen LogP contribution in [0.25, 0.3) is 0 Å². The van der Waals surface area contributed by atoms with Crippen LogP contribution in [0.2, 0.25) is 0 Å². The molecule has 4 atom stereocenters. The number of benzene rings is 1. The molecular formula is C24H32N2O3. The van der Waals surface area contributed by atoms with Crippen LogP contribution in [0.1, 0.15) is 51.2 Å². The van der Waals surface area contributed by atoms with Crippen molar-refractivity contribution in [1.29, 1.82) is 0 Å². The van der Waals surface area contributed by atoms with Gasteiger partial charge in [0.2, 0.25) is 0 Å². The summed E-state index contributed by atoms with van der Waals surface area (Å²) in [6.07, 6.45) is 9.00. The van der Waals surface area contributed by atoms with Gasteiger partial charge in [0, 0.05) is 42.4 Å². The summed E-state index contributed by atoms with van der Waals surface area (Å²) in [7, 11) is 0. The molecule has 4 aliphatic rings. The molecule has 0 aromatic heterocycles. The molecule has 5 rings (SSSR count). The van der Waals surface area contributed by atoms with E-state index in [9.17, 15) is 4.79 Å². The zero-order chi connectivity index (χ0) is 20.2. The minimum Gasteiger partial charge on any atom is -0.489 e. The molecule has 5 nitrogen and oxygen atoms in total. The first kappa shape index (κ1) is 19.0. The van der Waals surface area contributed by atoms with Crippen LogP contribution in [-0.2, 0) is 16.6 Å². The monoisotopic (exact) mass is 396 g/mol. The van der Waals surface area contributed by atoms with E-state index in [1.165, 1.54) is 11.1 Å². The van der Waals surface area contributed by atoms with Gasteiger partial charge in [-0.25, -0.2) is 4.79 Å². The predicted molar refractivity (Wildman–Crippen MR) is 112 cm³/mol. The molecule has 0 radical (unpaired) electrons. The number of amides is 1. The van der Waals surface area contributed by atoms with Gasteiger partial charge in [-0.05, 0) is 58.2 Å². The zero-order valence-corrected chi connectivity index (χ0v) is 17.7. The van der Waals surface area contributed by atoms with Crippen molar-refractivity contribution in [2.45, 2.75) is 69.6 Å². The number of nitrogens with zero attached hydrogens (tertiary/aromatic N) is 1. The topological polar surface area (TPSA) is 50.8 Å². The number of piperidine rings is 1. The summed E-state index contributed by atoms with van der Waals surface area (Å²) in [5, 5.41) is 2.90. The van der Waals surface area contributed by atoms with E-state index >= 15 is 0 Å². The van der Waals surface area contributed by atoms with Crippen LogP contribution in [0.5, 0.6) is 5.75 Å². The van der Waals surface area contributed by atoms with Crippen molar-refractivity contribution in [3.63, 3.8) is 0 Å². The highest BCUT2D eigenvalue weighted by atomic mass is 16.6. The van der Waals surface area contributed by atoms with E-state index in [0.29, 0.717) is 24.6 Å². The van der Waals surface area contributed by atoms with Crippen molar-refractivity contribution in [2.75, 3.05) is 19.6 Å². The smallest absolute Gasteiger partial charge is 0.407 e. The van der Waals surface area contributed by atoms with Gasteiger partial charge in [-0.3, -0.25) is 4.90 Å². The molecule has 2 aliphatic heterocycles. The lowest BCUT2D eigenvalue weighted by molar-refractivity contribution is -0.00982. The minimum absolute atomic E-state index is 0.175. The SMILES string of the molecule is CC(C)(C)OC(=O)NCCCN1CC[C@]23c4c5cccc4O[C@@H]2CC=C[C@H]3C1C5. The third-order valence-corrected chi connectivity index (χ3v) is 7.13. The number of rotatable bonds is 4. The molecule has 1 aromatic rings. The van der Waals surface area contributed by atoms with Gasteiger partial charge in [-0.1, -0.05) is 24.3 Å². The fourth-order valence-corrected chi connectivity index (χ4v) is 6.14. The van der Waals surface area contributed by atoms with Gasteiger partial charge in [0.05, 0.1) is 0 Å². The molecule has 2 aliphatic carbocycles. The first-order valence-electron chi connectivity index (χ1n) is 11.0. The second-order valence-electron chi connectivity index (χ2n) is 9.97. The second kappa shape index (κ2) is 6.76. The maximum Gasteiger partial charge on any atom is 0.407 e. The molecule has 2 bridgehead atoms. The van der Waals surface area contributed by atoms with Crippen LogP contribution in [0.3, 0.4) is 0 Å². The fourth-order valence-electron chi connectivity index (χ4n) is 6.14. The maximum atomic E-state index is 11.9. The van der Waals surface area contributed by atoms with Crippen LogP contribution in [0.4, 0.5) is 4.79 Å². The Bertz CT molecular complexity index is 843. The zero-order valence-electron chi connectivity index (χ0n) is 17.7. The van der Waals surface area contributed by atoms with Crippen molar-refractivity contribution in [3.8, 4) is 5.75 Å². The molecule has 156 valence electrons. The maximum absolute atomic E-state index is 11.9. The highest BCUT2D eigenvalue weighted by Crippen LogP contribution is 2.60. The van der Waals surface area contributed by atoms with Crippen molar-refractivity contribution in [1.82, 2.24) is 10.2 Å². The molecule has 1 unspecified atom stereocenters. The van der Waals surface area contributed by atoms with Crippen molar-refractivity contribution in [2.24, 2.45) is 5.92 Å². The average molecular weight is 397 g/mol. The summed E-state index contributed by atoms with van der Waals surface area (Å²) in [5.74, 6) is 1.67. The minimum atomic E-state index is -0.452. The molecule has 2 heterocycles. The summed E-state index contributed by atoms with van der Waals surface area (Å²) in [6.45, 7) is 8.42. The number of likely N-dealkylation sites (tertiary alicyclic amines) is 1. The van der Waals surface area contributed by atoms with Gasteiger partial charge in [-0.2, -0.15) is 0 Å². The summed E-state index contributed by atoms with van der Waals surface area (Å²) in [6, 6.07) is 7.15. The molecule has 0 saturated carbocycles. The Morgan fingerprint density at radius 3 is 3.07 bits per heavy atom. The lowest BCUT2D eigenvalue weighted by Crippen LogP contribution is -2.63. The molecule has 1 aromatic carbocycles. The van der Waals surface area contributed by atoms with E-state index < -0.39 is 5.60 Å². The van der Waals surface area contributed by atoms with E-state index in [1.54, 1.807) is 0 Å². The first-order chi connectivity index (χ1) is 13.9. The van der Waals surface area contributed by atoms with Gasteiger partial charge in [-0.15, -0.1) is 0 Å². The summed E-state index contributed by atoms with van der Waals surface area (Å²) >= 11 is 0. The summed E-state index contributed by atoms with van der Waals surface area (Å²) in [4.78, 5) is 14.5. The number of carbonyl (C=O) groups excluding carboxylic acids is 1. The second-order valence-corrected chi connectivity index (χ2v) is 9.97. The molecule has 1 saturated heterocycles. The standard InChI is InChI=1S/C24H32N2O3/c1-23(2,3)29-22(27)25-12-6-13-26-14-11-24-17-8-5-10-20(24)28-19-9-4-7-16(21(19)24)15-18(17)26/h4-5,7-9,17-18,20H,6,10-15H2,1-3H3,(H,25,27)/t17-,18?,20+,24+/m0/s1. The predicted octanol–water partition coefficient (Wildman–Crippen LogP) is 3.81. The quantitative estimate of drug-likeness (QED) is 0.621. The van der Waals surface area contributed by atoms with Crippen molar-refractivity contribution in [3.05, 3.63) is 41.5 Å². The molecule has 1 N–H and O–H groups in total. The molecule has 5 heteroatoms. The normalized spacial score (nSPS) is 31.8. The Kier molecular flexibility index (Phi) is 4.43. The third-order valence-electron chi connectivity index (χ3n) is 7.13. The van der Waals surface area contributed by atoms with Crippen LogP contribution < -0.4 is 10.1 Å². The van der Waals surface area contributed by atoms with E-state index in [0.717, 1.165) is 44.5 Å². The number of hydrogen-bond acceptors (Lipinski definition) is 4. The number of carbonyl (C=O) groups is 1. The van der Waals surface area contributed by atoms with E-state index in [-0.39, 0.29) is 11.5 Å². The highest BCUT2D eigenvalue weighted by Gasteiger charge is 2.61. The Morgan fingerprint density at radius 1 is 1.38 bits per heavy atom. The Labute approximate surface area is 173 Å². The third kappa shape index (κ3) is 3.05. The Hall–Kier alpha value is -2.01. The lowest BCUT2D eigenvalue weighted by Gasteiger charge is -2.56. The van der Waals surface area contributed by atoms with Crippen molar-refractivity contribution >= 4 is 6.09 Å². The van der Waals surface area contributed by atoms with E-state index in [4.69, 9.17) is 9.47 Å². The Morgan fingerprint density at radius 2 is 2.24 bits per heavy atom. The molecule has 1 spiro atoms. The number of ether oxygens (including phenoxy) is 2. The summed E-state index contributed by atoms with van der Waals surface area (Å²) in [5.41, 5.74) is 2.72. The average Bonchev–Trinajstić information content (AvgIpc) is 2.98. The largest absolute Gasteiger partial charge is 0.489 e. The molecule has 1 fully saturated rings. The fraction of sp³-hybridized carbons (Fsp3) is 0.625. The highest BCUT2D eigenvalue weighted by molar-refractivity contribution is 5.67. The van der Waals surface area contributed by atoms with Crippen molar-refractivity contribution < 1.29 is 14.3 Å². The van der Waals surface area contributed by atoms with Gasteiger partial charge in [0.25, 0.3) is 0 Å². The molecular weight excluding hydrogens is 364 g/mol. The first-order valence-corrected chi connectivity index (χ1v) is 11.0. The molecule has 29 heavy (non-hydrogen) atoms. The molecule has 1 amide bonds. The number of alkyl carbamates (subject to hydrolysis) is 1. The Balaban J connectivity index is 1.28. The van der Waals surface area contributed by atoms with E-state index in [1.807, 2.05) is 20.8 Å². The van der Waals surface area contributed by atoms with Gasteiger partial charge < -0.3 is 14.8 Å². The number of hydrogen-bond donors (Lipinski definition) is 1. The van der Waals surface area contributed by atoms with Gasteiger partial charge in [0.1, 0.15) is 17.5 Å². The van der Waals surface area contributed by atoms with Crippen LogP contribution in [0.15, 0.2) is 30.4 Å². The van der Waals surface area contributed by atoms with Crippen LogP contribution >= 0.6 is 0 Å². The van der Waals surface area contributed by atoms with Gasteiger partial charge >= 0.3 is 6.09 Å². The number of nitrogens with one attached hydrogen (secondary N) is 1. The van der Waals surface area contributed by atoms with Crippen LogP contribution in [0, 0.1) is 5.92 Å². The van der Waals surface area contributed by atoms with E-state index in [2.05, 4.69) is 40.6 Å². The lowest BCUT2D eigenvalue weighted by atomic mass is 9.53.